The number of hydrogen-bond donors (Lipinski definition) is 2. The molecule has 2 aromatic rings. The molecule has 1 fully saturated rings. The van der Waals surface area contributed by atoms with Crippen molar-refractivity contribution in [2.45, 2.75) is 31.7 Å². The molecule has 2 aliphatic rings. The number of nitrogens with one attached hydrogen (secondary N) is 2. The van der Waals surface area contributed by atoms with Gasteiger partial charge in [-0.25, -0.2) is 4.79 Å². The van der Waals surface area contributed by atoms with E-state index in [4.69, 9.17) is 9.47 Å². The summed E-state index contributed by atoms with van der Waals surface area (Å²) in [6.45, 7) is 1.23. The maximum absolute atomic E-state index is 13.1. The minimum Gasteiger partial charge on any atom is -0.493 e. The number of anilines is 1. The van der Waals surface area contributed by atoms with Crippen molar-refractivity contribution in [3.8, 4) is 11.5 Å². The van der Waals surface area contributed by atoms with Crippen molar-refractivity contribution < 1.29 is 23.9 Å². The summed E-state index contributed by atoms with van der Waals surface area (Å²) in [6.07, 6.45) is 3.17. The molecule has 2 N–H and O–H groups in total. The zero-order valence-electron chi connectivity index (χ0n) is 17.8. The minimum atomic E-state index is -1.31. The lowest BCUT2D eigenvalue weighted by Crippen LogP contribution is -2.42. The second kappa shape index (κ2) is 7.94. The number of methoxy groups -OCH3 is 2. The van der Waals surface area contributed by atoms with Gasteiger partial charge in [0.15, 0.2) is 11.5 Å². The molecule has 1 aliphatic carbocycles. The van der Waals surface area contributed by atoms with E-state index in [1.54, 1.807) is 25.1 Å². The lowest BCUT2D eigenvalue weighted by molar-refractivity contribution is -0.133. The molecule has 1 heterocycles. The van der Waals surface area contributed by atoms with Gasteiger partial charge in [0.05, 0.1) is 14.2 Å². The average molecular weight is 423 g/mol. The zero-order chi connectivity index (χ0) is 22.2. The SMILES string of the molecule is COc1ccc([C@]2(C)NC(=O)N(CC(=O)Nc3ccc4c(c3)CCC4)C2=O)cc1OC. The second-order valence-electron chi connectivity index (χ2n) is 7.90. The number of nitrogens with zero attached hydrogens (tertiary/aromatic N) is 1. The minimum absolute atomic E-state index is 0.370. The fourth-order valence-electron chi connectivity index (χ4n) is 4.18. The van der Waals surface area contributed by atoms with Crippen LogP contribution in [0.15, 0.2) is 36.4 Å². The molecule has 8 nitrogen and oxygen atoms in total. The second-order valence-corrected chi connectivity index (χ2v) is 7.90. The molecule has 4 amide bonds. The van der Waals surface area contributed by atoms with Crippen LogP contribution in [0.2, 0.25) is 0 Å². The lowest BCUT2D eigenvalue weighted by Gasteiger charge is -2.23. The van der Waals surface area contributed by atoms with Crippen molar-refractivity contribution in [2.75, 3.05) is 26.1 Å². The summed E-state index contributed by atoms with van der Waals surface area (Å²) in [5.74, 6) is 0.0140. The van der Waals surface area contributed by atoms with Crippen molar-refractivity contribution in [3.63, 3.8) is 0 Å². The Bertz CT molecular complexity index is 1070. The molecule has 1 saturated heterocycles. The van der Waals surface area contributed by atoms with Crippen LogP contribution in [-0.2, 0) is 28.0 Å². The number of fused-ring (bicyclic) bond motifs is 1. The predicted molar refractivity (Wildman–Crippen MR) is 114 cm³/mol. The molecule has 0 unspecified atom stereocenters. The Morgan fingerprint density at radius 1 is 1.06 bits per heavy atom. The van der Waals surface area contributed by atoms with E-state index in [9.17, 15) is 14.4 Å². The summed E-state index contributed by atoms with van der Waals surface area (Å²) in [4.78, 5) is 39.2. The van der Waals surface area contributed by atoms with Gasteiger partial charge in [-0.3, -0.25) is 14.5 Å². The molecule has 0 spiro atoms. The average Bonchev–Trinajstić information content (AvgIpc) is 3.31. The topological polar surface area (TPSA) is 97.0 Å². The Morgan fingerprint density at radius 2 is 1.81 bits per heavy atom. The number of hydrogen-bond acceptors (Lipinski definition) is 5. The van der Waals surface area contributed by atoms with Crippen LogP contribution in [0.4, 0.5) is 10.5 Å². The Labute approximate surface area is 180 Å². The van der Waals surface area contributed by atoms with Crippen LogP contribution in [0, 0.1) is 0 Å². The molecule has 0 radical (unpaired) electrons. The fraction of sp³-hybridized carbons (Fsp3) is 0.348. The van der Waals surface area contributed by atoms with Gasteiger partial charge in [0.1, 0.15) is 12.1 Å². The molecule has 1 atom stereocenters. The summed E-state index contributed by atoms with van der Waals surface area (Å²) in [7, 11) is 3.01. The maximum atomic E-state index is 13.1. The number of benzene rings is 2. The third-order valence-corrected chi connectivity index (χ3v) is 5.92. The van der Waals surface area contributed by atoms with Crippen LogP contribution < -0.4 is 20.1 Å². The van der Waals surface area contributed by atoms with E-state index in [-0.39, 0.29) is 6.54 Å². The van der Waals surface area contributed by atoms with Gasteiger partial charge in [-0.15, -0.1) is 0 Å². The Morgan fingerprint density at radius 3 is 2.55 bits per heavy atom. The van der Waals surface area contributed by atoms with Crippen molar-refractivity contribution in [3.05, 3.63) is 53.1 Å². The number of carbonyl (C=O) groups excluding carboxylic acids is 3. The van der Waals surface area contributed by atoms with Crippen molar-refractivity contribution in [2.24, 2.45) is 0 Å². The molecule has 0 saturated carbocycles. The highest BCUT2D eigenvalue weighted by atomic mass is 16.5. The Kier molecular flexibility index (Phi) is 5.31. The monoisotopic (exact) mass is 423 g/mol. The molecular weight excluding hydrogens is 398 g/mol. The van der Waals surface area contributed by atoms with Gasteiger partial charge in [0, 0.05) is 5.69 Å². The van der Waals surface area contributed by atoms with Gasteiger partial charge < -0.3 is 20.1 Å². The standard InChI is InChI=1S/C23H25N3O5/c1-23(16-8-10-18(30-2)19(12-16)31-3)21(28)26(22(29)25-23)13-20(27)24-17-9-7-14-5-4-6-15(14)11-17/h7-12H,4-6,13H2,1-3H3,(H,24,27)(H,25,29)/t23-/m0/s1. The van der Waals surface area contributed by atoms with Gasteiger partial charge in [0.2, 0.25) is 5.91 Å². The van der Waals surface area contributed by atoms with Crippen molar-refractivity contribution in [1.29, 1.82) is 0 Å². The summed E-state index contributed by atoms with van der Waals surface area (Å²) in [5.41, 5.74) is 2.42. The first-order valence-electron chi connectivity index (χ1n) is 10.1. The fourth-order valence-corrected chi connectivity index (χ4v) is 4.18. The van der Waals surface area contributed by atoms with E-state index in [1.807, 2.05) is 18.2 Å². The van der Waals surface area contributed by atoms with Gasteiger partial charge >= 0.3 is 6.03 Å². The highest BCUT2D eigenvalue weighted by Crippen LogP contribution is 2.35. The third-order valence-electron chi connectivity index (χ3n) is 5.92. The van der Waals surface area contributed by atoms with Crippen molar-refractivity contribution >= 4 is 23.5 Å². The summed E-state index contributed by atoms with van der Waals surface area (Å²) in [6, 6.07) is 10.2. The molecule has 162 valence electrons. The first-order valence-corrected chi connectivity index (χ1v) is 10.1. The summed E-state index contributed by atoms with van der Waals surface area (Å²) in [5, 5.41) is 5.49. The number of carbonyl (C=O) groups is 3. The van der Waals surface area contributed by atoms with Gasteiger partial charge in [-0.05, 0) is 67.1 Å². The predicted octanol–water partition coefficient (Wildman–Crippen LogP) is 2.60. The van der Waals surface area contributed by atoms with Crippen LogP contribution >= 0.6 is 0 Å². The maximum Gasteiger partial charge on any atom is 0.325 e. The largest absolute Gasteiger partial charge is 0.493 e. The number of imide groups is 1. The molecule has 0 aromatic heterocycles. The zero-order valence-corrected chi connectivity index (χ0v) is 17.8. The molecular formula is C23H25N3O5. The quantitative estimate of drug-likeness (QED) is 0.696. The number of ether oxygens (including phenoxy) is 2. The third kappa shape index (κ3) is 3.69. The van der Waals surface area contributed by atoms with Crippen LogP contribution in [0.1, 0.15) is 30.0 Å². The molecule has 4 rings (SSSR count). The smallest absolute Gasteiger partial charge is 0.325 e. The van der Waals surface area contributed by atoms with Crippen LogP contribution in [-0.4, -0.2) is 43.5 Å². The molecule has 1 aliphatic heterocycles. The van der Waals surface area contributed by atoms with Crippen LogP contribution in [0.25, 0.3) is 0 Å². The molecule has 2 aromatic carbocycles. The normalized spacial score (nSPS) is 19.8. The van der Waals surface area contributed by atoms with E-state index in [0.717, 1.165) is 24.2 Å². The van der Waals surface area contributed by atoms with Gasteiger partial charge in [0.25, 0.3) is 5.91 Å². The summed E-state index contributed by atoms with van der Waals surface area (Å²) >= 11 is 0. The molecule has 8 heteroatoms. The highest BCUT2D eigenvalue weighted by Gasteiger charge is 2.49. The summed E-state index contributed by atoms with van der Waals surface area (Å²) < 4.78 is 10.5. The van der Waals surface area contributed by atoms with Crippen molar-refractivity contribution in [1.82, 2.24) is 10.2 Å². The molecule has 0 bridgehead atoms. The van der Waals surface area contributed by atoms with Gasteiger partial charge in [-0.2, -0.15) is 0 Å². The first-order chi connectivity index (χ1) is 14.9. The lowest BCUT2D eigenvalue weighted by atomic mass is 9.91. The number of aryl methyl sites for hydroxylation is 2. The number of amides is 4. The van der Waals surface area contributed by atoms with E-state index >= 15 is 0 Å². The first kappa shape index (κ1) is 20.7. The van der Waals surface area contributed by atoms with Crippen LogP contribution in [0.3, 0.4) is 0 Å². The van der Waals surface area contributed by atoms with E-state index in [0.29, 0.717) is 22.7 Å². The van der Waals surface area contributed by atoms with Gasteiger partial charge in [-0.1, -0.05) is 12.1 Å². The van der Waals surface area contributed by atoms with E-state index < -0.39 is 23.4 Å². The van der Waals surface area contributed by atoms with Crippen LogP contribution in [0.5, 0.6) is 11.5 Å². The highest BCUT2D eigenvalue weighted by molar-refractivity contribution is 6.10. The Hall–Kier alpha value is -3.55. The number of urea groups is 1. The number of rotatable bonds is 6. The van der Waals surface area contributed by atoms with E-state index in [1.165, 1.54) is 25.3 Å². The van der Waals surface area contributed by atoms with E-state index in [2.05, 4.69) is 10.6 Å². The molecule has 31 heavy (non-hydrogen) atoms. The Balaban J connectivity index is 1.49.